The van der Waals surface area contributed by atoms with Gasteiger partial charge in [0.1, 0.15) is 5.75 Å². The first-order valence-electron chi connectivity index (χ1n) is 8.97. The Balaban J connectivity index is 1.67. The Kier molecular flexibility index (Phi) is 8.02. The predicted molar refractivity (Wildman–Crippen MR) is 102 cm³/mol. The van der Waals surface area contributed by atoms with Gasteiger partial charge in [-0.15, -0.1) is 0 Å². The van der Waals surface area contributed by atoms with E-state index < -0.39 is 0 Å². The van der Waals surface area contributed by atoms with E-state index >= 15 is 0 Å². The van der Waals surface area contributed by atoms with Crippen molar-refractivity contribution < 1.29 is 9.53 Å². The summed E-state index contributed by atoms with van der Waals surface area (Å²) in [6.45, 7) is 2.24. The maximum Gasteiger partial charge on any atom is 0.226 e. The topological polar surface area (TPSA) is 51.2 Å². The minimum absolute atomic E-state index is 0.0620. The van der Waals surface area contributed by atoms with E-state index in [4.69, 9.17) is 4.74 Å². The van der Waals surface area contributed by atoms with E-state index in [1.165, 1.54) is 49.9 Å². The highest BCUT2D eigenvalue weighted by Gasteiger charge is 2.08. The van der Waals surface area contributed by atoms with Gasteiger partial charge < -0.3 is 10.1 Å². The number of unbranched alkanes of at least 4 members (excludes halogenated alkanes) is 7. The number of aromatic nitrogens is 1. The maximum atomic E-state index is 12.0. The molecule has 0 aliphatic rings. The first kappa shape index (κ1) is 18.7. The highest BCUT2D eigenvalue weighted by molar-refractivity contribution is 7.22. The van der Waals surface area contributed by atoms with E-state index in [2.05, 4.69) is 17.2 Å². The number of ether oxygens (including phenoxy) is 1. The van der Waals surface area contributed by atoms with Crippen LogP contribution < -0.4 is 10.1 Å². The van der Waals surface area contributed by atoms with Gasteiger partial charge >= 0.3 is 0 Å². The molecule has 24 heavy (non-hydrogen) atoms. The number of hydrogen-bond donors (Lipinski definition) is 1. The van der Waals surface area contributed by atoms with Crippen LogP contribution in [0.4, 0.5) is 5.13 Å². The van der Waals surface area contributed by atoms with Gasteiger partial charge in [-0.05, 0) is 24.6 Å². The fourth-order valence-corrected chi connectivity index (χ4v) is 3.60. The van der Waals surface area contributed by atoms with Crippen LogP contribution in [-0.4, -0.2) is 18.0 Å². The summed E-state index contributed by atoms with van der Waals surface area (Å²) >= 11 is 1.49. The van der Waals surface area contributed by atoms with E-state index in [0.717, 1.165) is 28.8 Å². The van der Waals surface area contributed by atoms with Crippen LogP contribution in [0, 0.1) is 0 Å². The molecule has 1 aromatic heterocycles. The molecule has 0 aliphatic heterocycles. The van der Waals surface area contributed by atoms with Crippen molar-refractivity contribution in [2.45, 2.75) is 64.7 Å². The number of carbonyl (C=O) groups is 1. The second kappa shape index (κ2) is 10.3. The lowest BCUT2D eigenvalue weighted by Gasteiger charge is -2.02. The van der Waals surface area contributed by atoms with Crippen molar-refractivity contribution in [3.8, 4) is 5.75 Å². The molecule has 0 fully saturated rings. The Morgan fingerprint density at radius 1 is 1.12 bits per heavy atom. The van der Waals surface area contributed by atoms with Gasteiger partial charge in [0.25, 0.3) is 0 Å². The van der Waals surface area contributed by atoms with Gasteiger partial charge in [-0.1, -0.05) is 63.2 Å². The molecule has 132 valence electrons. The van der Waals surface area contributed by atoms with Crippen LogP contribution in [0.2, 0.25) is 0 Å². The number of anilines is 1. The highest BCUT2D eigenvalue weighted by Crippen LogP contribution is 2.29. The van der Waals surface area contributed by atoms with Gasteiger partial charge in [0, 0.05) is 6.42 Å². The van der Waals surface area contributed by atoms with E-state index in [-0.39, 0.29) is 5.91 Å². The number of thiazole rings is 1. The first-order valence-corrected chi connectivity index (χ1v) is 9.79. The summed E-state index contributed by atoms with van der Waals surface area (Å²) in [5.41, 5.74) is 0.892. The summed E-state index contributed by atoms with van der Waals surface area (Å²) < 4.78 is 6.24. The quantitative estimate of drug-likeness (QED) is 0.524. The molecule has 0 atom stereocenters. The van der Waals surface area contributed by atoms with Crippen LogP contribution in [0.25, 0.3) is 10.2 Å². The molecule has 1 amide bonds. The number of nitrogens with one attached hydrogen (secondary N) is 1. The van der Waals surface area contributed by atoms with Crippen LogP contribution in [0.3, 0.4) is 0 Å². The second-order valence-corrected chi connectivity index (χ2v) is 7.16. The monoisotopic (exact) mass is 348 g/mol. The van der Waals surface area contributed by atoms with E-state index in [0.29, 0.717) is 11.6 Å². The van der Waals surface area contributed by atoms with Crippen molar-refractivity contribution >= 4 is 32.6 Å². The molecule has 0 aliphatic carbocycles. The summed E-state index contributed by atoms with van der Waals surface area (Å²) in [6, 6.07) is 5.74. The summed E-state index contributed by atoms with van der Waals surface area (Å²) in [5.74, 6) is 0.870. The van der Waals surface area contributed by atoms with Crippen LogP contribution >= 0.6 is 11.3 Å². The van der Waals surface area contributed by atoms with Gasteiger partial charge in [0.2, 0.25) is 5.91 Å². The molecule has 0 spiro atoms. The summed E-state index contributed by atoms with van der Waals surface area (Å²) in [5, 5.41) is 3.58. The number of amides is 1. The highest BCUT2D eigenvalue weighted by atomic mass is 32.1. The number of fused-ring (bicyclic) bond motifs is 1. The largest absolute Gasteiger partial charge is 0.497 e. The van der Waals surface area contributed by atoms with Gasteiger partial charge in [0.15, 0.2) is 5.13 Å². The molecule has 0 unspecified atom stereocenters. The second-order valence-electron chi connectivity index (χ2n) is 6.13. The predicted octanol–water partition coefficient (Wildman–Crippen LogP) is 5.77. The number of hydrogen-bond acceptors (Lipinski definition) is 4. The summed E-state index contributed by atoms with van der Waals surface area (Å²) in [7, 11) is 1.65. The average molecular weight is 349 g/mol. The van der Waals surface area contributed by atoms with Crippen molar-refractivity contribution in [3.05, 3.63) is 18.2 Å². The first-order chi connectivity index (χ1) is 11.7. The Hall–Kier alpha value is -1.62. The zero-order valence-electron chi connectivity index (χ0n) is 14.8. The van der Waals surface area contributed by atoms with Crippen molar-refractivity contribution in [1.82, 2.24) is 4.98 Å². The third kappa shape index (κ3) is 6.11. The fourth-order valence-electron chi connectivity index (χ4n) is 2.69. The third-order valence-electron chi connectivity index (χ3n) is 4.10. The van der Waals surface area contributed by atoms with E-state index in [1.54, 1.807) is 7.11 Å². The number of carbonyl (C=O) groups excluding carboxylic acids is 1. The average Bonchev–Trinajstić information content (AvgIpc) is 2.98. The third-order valence-corrected chi connectivity index (χ3v) is 5.03. The number of nitrogens with zero attached hydrogens (tertiary/aromatic N) is 1. The molecule has 0 bridgehead atoms. The van der Waals surface area contributed by atoms with Crippen LogP contribution in [0.15, 0.2) is 18.2 Å². The van der Waals surface area contributed by atoms with Crippen LogP contribution in [0.5, 0.6) is 5.75 Å². The van der Waals surface area contributed by atoms with Gasteiger partial charge in [-0.2, -0.15) is 0 Å². The lowest BCUT2D eigenvalue weighted by molar-refractivity contribution is -0.116. The Morgan fingerprint density at radius 3 is 2.54 bits per heavy atom. The van der Waals surface area contributed by atoms with Crippen LogP contribution in [0.1, 0.15) is 64.7 Å². The number of rotatable bonds is 11. The molecule has 0 radical (unpaired) electrons. The molecule has 1 aromatic carbocycles. The summed E-state index contributed by atoms with van der Waals surface area (Å²) in [4.78, 5) is 16.5. The van der Waals surface area contributed by atoms with Gasteiger partial charge in [0.05, 0.1) is 17.3 Å². The maximum absolute atomic E-state index is 12.0. The number of methoxy groups -OCH3 is 1. The normalized spacial score (nSPS) is 10.9. The van der Waals surface area contributed by atoms with E-state index in [1.807, 2.05) is 18.2 Å². The molecule has 0 saturated carbocycles. The molecular weight excluding hydrogens is 320 g/mol. The van der Waals surface area contributed by atoms with Crippen molar-refractivity contribution in [2.75, 3.05) is 12.4 Å². The molecule has 4 nitrogen and oxygen atoms in total. The standard InChI is InChI=1S/C19H28N2O2S/c1-3-4-5-6-7-8-9-10-11-18(22)21-19-20-16-13-12-15(23-2)14-17(16)24-19/h12-14H,3-11H2,1-2H3,(H,20,21,22). The zero-order valence-corrected chi connectivity index (χ0v) is 15.6. The van der Waals surface area contributed by atoms with Gasteiger partial charge in [-0.3, -0.25) is 4.79 Å². The lowest BCUT2D eigenvalue weighted by Crippen LogP contribution is -2.10. The zero-order chi connectivity index (χ0) is 17.2. The smallest absolute Gasteiger partial charge is 0.226 e. The van der Waals surface area contributed by atoms with Crippen LogP contribution in [-0.2, 0) is 4.79 Å². The summed E-state index contributed by atoms with van der Waals surface area (Å²) in [6.07, 6.45) is 10.5. The molecule has 0 saturated heterocycles. The molecule has 1 heterocycles. The lowest BCUT2D eigenvalue weighted by atomic mass is 10.1. The number of benzene rings is 1. The Labute approximate surface area is 148 Å². The molecule has 1 N–H and O–H groups in total. The van der Waals surface area contributed by atoms with Crippen molar-refractivity contribution in [1.29, 1.82) is 0 Å². The molecule has 2 aromatic rings. The molecule has 5 heteroatoms. The van der Waals surface area contributed by atoms with Gasteiger partial charge in [-0.25, -0.2) is 4.98 Å². The fraction of sp³-hybridized carbons (Fsp3) is 0.579. The Bertz CT molecular complexity index is 639. The molecular formula is C19H28N2O2S. The minimum atomic E-state index is 0.0620. The SMILES string of the molecule is CCCCCCCCCCC(=O)Nc1nc2ccc(OC)cc2s1. The molecule has 2 rings (SSSR count). The van der Waals surface area contributed by atoms with Crippen molar-refractivity contribution in [3.63, 3.8) is 0 Å². The Morgan fingerprint density at radius 2 is 1.83 bits per heavy atom. The van der Waals surface area contributed by atoms with Crippen molar-refractivity contribution in [2.24, 2.45) is 0 Å². The van der Waals surface area contributed by atoms with E-state index in [9.17, 15) is 4.79 Å². The minimum Gasteiger partial charge on any atom is -0.497 e.